The van der Waals surface area contributed by atoms with Gasteiger partial charge in [-0.3, -0.25) is 9.69 Å². The van der Waals surface area contributed by atoms with Crippen molar-refractivity contribution in [3.8, 4) is 0 Å². The first-order valence-corrected chi connectivity index (χ1v) is 7.62. The molecule has 1 aromatic heterocycles. The minimum absolute atomic E-state index is 0.111. The quantitative estimate of drug-likeness (QED) is 0.812. The highest BCUT2D eigenvalue weighted by molar-refractivity contribution is 7.16. The summed E-state index contributed by atoms with van der Waals surface area (Å²) in [5, 5.41) is 3.85. The van der Waals surface area contributed by atoms with Crippen molar-refractivity contribution in [1.82, 2.24) is 10.3 Å². The van der Waals surface area contributed by atoms with Gasteiger partial charge in [-0.05, 0) is 32.7 Å². The Kier molecular flexibility index (Phi) is 5.10. The fourth-order valence-electron chi connectivity index (χ4n) is 2.24. The number of hydrogen-bond acceptors (Lipinski definition) is 4. The Hall–Kier alpha value is -1.20. The molecule has 0 aliphatic heterocycles. The van der Waals surface area contributed by atoms with Crippen LogP contribution in [0.5, 0.6) is 0 Å². The van der Waals surface area contributed by atoms with Crippen molar-refractivity contribution in [2.45, 2.75) is 32.1 Å². The second-order valence-corrected chi connectivity index (χ2v) is 5.78. The molecule has 0 unspecified atom stereocenters. The van der Waals surface area contributed by atoms with Crippen molar-refractivity contribution in [1.29, 1.82) is 0 Å². The van der Waals surface area contributed by atoms with Gasteiger partial charge in [0.05, 0.1) is 5.69 Å². The Labute approximate surface area is 118 Å². The third-order valence-corrected chi connectivity index (χ3v) is 4.45. The van der Waals surface area contributed by atoms with Crippen molar-refractivity contribution in [3.63, 3.8) is 0 Å². The molecule has 0 atom stereocenters. The second-order valence-electron chi connectivity index (χ2n) is 4.72. The topological polar surface area (TPSA) is 45.2 Å². The zero-order valence-corrected chi connectivity index (χ0v) is 12.3. The number of aryl methyl sites for hydroxylation is 2. The Balaban J connectivity index is 2.15. The van der Waals surface area contributed by atoms with Crippen LogP contribution >= 0.6 is 11.3 Å². The fraction of sp³-hybridized carbons (Fsp3) is 0.571. The van der Waals surface area contributed by atoms with Gasteiger partial charge in [-0.15, -0.1) is 17.9 Å². The summed E-state index contributed by atoms with van der Waals surface area (Å²) in [4.78, 5) is 20.0. The van der Waals surface area contributed by atoms with Crippen LogP contribution in [0.1, 0.15) is 29.8 Å². The van der Waals surface area contributed by atoms with Gasteiger partial charge >= 0.3 is 0 Å². The summed E-state index contributed by atoms with van der Waals surface area (Å²) in [7, 11) is 1.85. The number of nitrogens with one attached hydrogen (secondary N) is 1. The average Bonchev–Trinajstić information content (AvgIpc) is 2.85. The zero-order valence-electron chi connectivity index (χ0n) is 11.4. The van der Waals surface area contributed by atoms with E-state index < -0.39 is 0 Å². The molecule has 4 nitrogen and oxygen atoms in total. The van der Waals surface area contributed by atoms with Gasteiger partial charge < -0.3 is 5.32 Å². The van der Waals surface area contributed by atoms with Gasteiger partial charge in [-0.25, -0.2) is 4.98 Å². The normalized spacial score (nSPS) is 13.9. The van der Waals surface area contributed by atoms with E-state index in [4.69, 9.17) is 0 Å². The molecule has 0 spiro atoms. The van der Waals surface area contributed by atoms with Gasteiger partial charge in [-0.2, -0.15) is 0 Å². The lowest BCUT2D eigenvalue weighted by atomic mass is 10.0. The molecule has 1 N–H and O–H groups in total. The lowest BCUT2D eigenvalue weighted by Gasteiger charge is -2.17. The smallest absolute Gasteiger partial charge is 0.230 e. The molecule has 1 heterocycles. The Morgan fingerprint density at radius 3 is 3.00 bits per heavy atom. The van der Waals surface area contributed by atoms with Crippen LogP contribution in [0.15, 0.2) is 12.7 Å². The molecule has 1 amide bonds. The maximum Gasteiger partial charge on any atom is 0.230 e. The van der Waals surface area contributed by atoms with E-state index >= 15 is 0 Å². The number of fused-ring (bicyclic) bond motifs is 1. The summed E-state index contributed by atoms with van der Waals surface area (Å²) in [6.45, 7) is 4.97. The highest BCUT2D eigenvalue weighted by Gasteiger charge is 2.21. The van der Waals surface area contributed by atoms with Gasteiger partial charge in [-0.1, -0.05) is 6.08 Å². The van der Waals surface area contributed by atoms with Gasteiger partial charge in [0.2, 0.25) is 5.91 Å². The minimum atomic E-state index is 0.111. The predicted octanol–water partition coefficient (Wildman–Crippen LogP) is 2.15. The molecule has 0 fully saturated rings. The van der Waals surface area contributed by atoms with Crippen molar-refractivity contribution < 1.29 is 4.79 Å². The summed E-state index contributed by atoms with van der Waals surface area (Å²) in [5.74, 6) is 0.111. The van der Waals surface area contributed by atoms with E-state index in [1.807, 2.05) is 7.05 Å². The number of thiazole rings is 1. The number of amides is 1. The minimum Gasteiger partial charge on any atom is -0.319 e. The molecule has 0 bridgehead atoms. The number of carbonyl (C=O) groups excluding carboxylic acids is 1. The third kappa shape index (κ3) is 3.42. The molecule has 5 heteroatoms. The van der Waals surface area contributed by atoms with Crippen molar-refractivity contribution in [2.24, 2.45) is 0 Å². The van der Waals surface area contributed by atoms with Gasteiger partial charge in [0, 0.05) is 24.4 Å². The van der Waals surface area contributed by atoms with Gasteiger partial charge in [0.1, 0.15) is 0 Å². The molecule has 0 radical (unpaired) electrons. The van der Waals surface area contributed by atoms with E-state index in [1.165, 1.54) is 23.4 Å². The molecule has 0 saturated heterocycles. The SMILES string of the molecule is C=CCN(C(=O)CCNC)c1nc2c(s1)CCCC2. The maximum atomic E-state index is 12.2. The fourth-order valence-corrected chi connectivity index (χ4v) is 3.41. The highest BCUT2D eigenvalue weighted by Crippen LogP contribution is 2.32. The molecule has 0 aromatic carbocycles. The zero-order chi connectivity index (χ0) is 13.7. The summed E-state index contributed by atoms with van der Waals surface area (Å²) < 4.78 is 0. The Morgan fingerprint density at radius 1 is 1.53 bits per heavy atom. The standard InChI is InChI=1S/C14H21N3OS/c1-3-10-17(13(18)8-9-15-2)14-16-11-6-4-5-7-12(11)19-14/h3,15H,1,4-10H2,2H3. The van der Waals surface area contributed by atoms with Gasteiger partial charge in [0.25, 0.3) is 0 Å². The van der Waals surface area contributed by atoms with Gasteiger partial charge in [0.15, 0.2) is 5.13 Å². The lowest BCUT2D eigenvalue weighted by Crippen LogP contribution is -2.32. The van der Waals surface area contributed by atoms with Crippen LogP contribution in [0, 0.1) is 0 Å². The summed E-state index contributed by atoms with van der Waals surface area (Å²) in [6.07, 6.45) is 6.87. The molecule has 1 aliphatic carbocycles. The molecular weight excluding hydrogens is 258 g/mol. The average molecular weight is 279 g/mol. The predicted molar refractivity (Wildman–Crippen MR) is 79.8 cm³/mol. The van der Waals surface area contributed by atoms with Crippen LogP contribution in [0.3, 0.4) is 0 Å². The van der Waals surface area contributed by atoms with E-state index in [0.29, 0.717) is 19.5 Å². The van der Waals surface area contributed by atoms with Crippen LogP contribution in [0.2, 0.25) is 0 Å². The summed E-state index contributed by atoms with van der Waals surface area (Å²) >= 11 is 1.67. The van der Waals surface area contributed by atoms with E-state index in [0.717, 1.165) is 18.0 Å². The van der Waals surface area contributed by atoms with Crippen molar-refractivity contribution in [3.05, 3.63) is 23.2 Å². The van der Waals surface area contributed by atoms with E-state index in [-0.39, 0.29) is 5.91 Å². The molecule has 104 valence electrons. The molecular formula is C14H21N3OS. The molecule has 0 saturated carbocycles. The molecule has 1 aromatic rings. The lowest BCUT2D eigenvalue weighted by molar-refractivity contribution is -0.118. The van der Waals surface area contributed by atoms with E-state index in [2.05, 4.69) is 16.9 Å². The first-order chi connectivity index (χ1) is 9.26. The number of rotatable bonds is 6. The molecule has 2 rings (SSSR count). The largest absolute Gasteiger partial charge is 0.319 e. The summed E-state index contributed by atoms with van der Waals surface area (Å²) in [5.41, 5.74) is 1.20. The van der Waals surface area contributed by atoms with Crippen molar-refractivity contribution in [2.75, 3.05) is 25.0 Å². The maximum absolute atomic E-state index is 12.2. The number of hydrogen-bond donors (Lipinski definition) is 1. The van der Waals surface area contributed by atoms with Crippen molar-refractivity contribution >= 4 is 22.4 Å². The summed E-state index contributed by atoms with van der Waals surface area (Å²) in [6, 6.07) is 0. The highest BCUT2D eigenvalue weighted by atomic mass is 32.1. The van der Waals surface area contributed by atoms with Crippen LogP contribution in [0.4, 0.5) is 5.13 Å². The Morgan fingerprint density at radius 2 is 2.32 bits per heavy atom. The number of aromatic nitrogens is 1. The number of anilines is 1. The van der Waals surface area contributed by atoms with Crippen LogP contribution in [-0.4, -0.2) is 31.0 Å². The first-order valence-electron chi connectivity index (χ1n) is 6.80. The van der Waals surface area contributed by atoms with Crippen LogP contribution in [0.25, 0.3) is 0 Å². The molecule has 1 aliphatic rings. The van der Waals surface area contributed by atoms with Crippen LogP contribution < -0.4 is 10.2 Å². The number of nitrogens with zero attached hydrogens (tertiary/aromatic N) is 2. The second kappa shape index (κ2) is 6.82. The molecule has 19 heavy (non-hydrogen) atoms. The van der Waals surface area contributed by atoms with E-state index in [1.54, 1.807) is 22.3 Å². The first kappa shape index (κ1) is 14.2. The van der Waals surface area contributed by atoms with Crippen LogP contribution in [-0.2, 0) is 17.6 Å². The Bertz CT molecular complexity index is 432. The van der Waals surface area contributed by atoms with E-state index in [9.17, 15) is 4.79 Å². The number of carbonyl (C=O) groups is 1. The third-order valence-electron chi connectivity index (χ3n) is 3.27. The monoisotopic (exact) mass is 279 g/mol.